The van der Waals surface area contributed by atoms with Gasteiger partial charge < -0.3 is 21.5 Å². The summed E-state index contributed by atoms with van der Waals surface area (Å²) >= 11 is 0. The highest BCUT2D eigenvalue weighted by Crippen LogP contribution is 2.40. The molecule has 1 aliphatic rings. The Morgan fingerprint density at radius 1 is 1.18 bits per heavy atom. The maximum absolute atomic E-state index is 15.1. The molecule has 3 aromatic rings. The number of benzene rings is 2. The lowest BCUT2D eigenvalue weighted by Crippen LogP contribution is -2.16. The maximum Gasteiger partial charge on any atom is 0.171 e. The highest BCUT2D eigenvalue weighted by molar-refractivity contribution is 5.77. The van der Waals surface area contributed by atoms with Crippen molar-refractivity contribution < 1.29 is 13.9 Å². The van der Waals surface area contributed by atoms with Crippen LogP contribution in [-0.4, -0.2) is 21.9 Å². The van der Waals surface area contributed by atoms with Crippen molar-refractivity contribution in [3.8, 4) is 0 Å². The fraction of sp³-hybridized carbons (Fsp3) is 0.250. The van der Waals surface area contributed by atoms with Gasteiger partial charge in [0.1, 0.15) is 11.5 Å². The van der Waals surface area contributed by atoms with Crippen LogP contribution in [0, 0.1) is 11.6 Å². The standard InChI is InChI=1S/C20H21F2N5O/c21-13-5-3-12(4-6-13)17(10-28)24-15-8-7-14(23)20(19(15)22)25-18-9-16(26-27-18)11-1-2-11/h3-9,11,17,24,28H,1-2,10,23H2,(H2,25,26,27). The molecule has 4 rings (SSSR count). The van der Waals surface area contributed by atoms with Gasteiger partial charge in [-0.15, -0.1) is 0 Å². The van der Waals surface area contributed by atoms with Crippen molar-refractivity contribution >= 4 is 22.9 Å². The highest BCUT2D eigenvalue weighted by Gasteiger charge is 2.26. The van der Waals surface area contributed by atoms with E-state index in [1.807, 2.05) is 6.07 Å². The first-order valence-corrected chi connectivity index (χ1v) is 9.08. The Bertz CT molecular complexity index is 969. The molecule has 1 saturated carbocycles. The topological polar surface area (TPSA) is 99.0 Å². The summed E-state index contributed by atoms with van der Waals surface area (Å²) in [6, 6.07) is 10.00. The van der Waals surface area contributed by atoms with Gasteiger partial charge in [-0.2, -0.15) is 5.10 Å². The third kappa shape index (κ3) is 3.77. The van der Waals surface area contributed by atoms with Crippen molar-refractivity contribution in [3.63, 3.8) is 0 Å². The van der Waals surface area contributed by atoms with Crippen LogP contribution in [0.5, 0.6) is 0 Å². The number of halogens is 2. The predicted molar refractivity (Wildman–Crippen MR) is 105 cm³/mol. The van der Waals surface area contributed by atoms with Crippen molar-refractivity contribution in [2.24, 2.45) is 0 Å². The van der Waals surface area contributed by atoms with Crippen molar-refractivity contribution in [2.75, 3.05) is 23.0 Å². The zero-order chi connectivity index (χ0) is 19.7. The fourth-order valence-electron chi connectivity index (χ4n) is 3.08. The number of nitrogens with zero attached hydrogens (tertiary/aromatic N) is 1. The van der Waals surface area contributed by atoms with Gasteiger partial charge in [-0.1, -0.05) is 12.1 Å². The second kappa shape index (κ2) is 7.47. The predicted octanol–water partition coefficient (Wildman–Crippen LogP) is 4.04. The van der Waals surface area contributed by atoms with Crippen LogP contribution in [0.4, 0.5) is 31.7 Å². The molecule has 0 aliphatic heterocycles. The van der Waals surface area contributed by atoms with Crippen LogP contribution in [0.3, 0.4) is 0 Å². The summed E-state index contributed by atoms with van der Waals surface area (Å²) in [5, 5.41) is 22.7. The number of aliphatic hydroxyl groups is 1. The molecule has 1 aromatic heterocycles. The molecular formula is C20H21F2N5O. The van der Waals surface area contributed by atoms with Gasteiger partial charge in [0.15, 0.2) is 11.6 Å². The van der Waals surface area contributed by atoms with Crippen LogP contribution < -0.4 is 16.4 Å². The molecular weight excluding hydrogens is 364 g/mol. The zero-order valence-corrected chi connectivity index (χ0v) is 15.0. The van der Waals surface area contributed by atoms with Crippen LogP contribution in [0.2, 0.25) is 0 Å². The number of hydrogen-bond donors (Lipinski definition) is 5. The lowest BCUT2D eigenvalue weighted by molar-refractivity contribution is 0.276. The first-order valence-electron chi connectivity index (χ1n) is 9.08. The van der Waals surface area contributed by atoms with E-state index in [0.717, 1.165) is 18.5 Å². The Morgan fingerprint density at radius 2 is 1.93 bits per heavy atom. The number of aliphatic hydroxyl groups excluding tert-OH is 1. The molecule has 0 spiro atoms. The summed E-state index contributed by atoms with van der Waals surface area (Å²) in [7, 11) is 0. The van der Waals surface area contributed by atoms with Gasteiger partial charge in [-0.05, 0) is 42.7 Å². The molecule has 8 heteroatoms. The Balaban J connectivity index is 1.57. The third-order valence-electron chi connectivity index (χ3n) is 4.83. The Labute approximate surface area is 160 Å². The first-order chi connectivity index (χ1) is 13.5. The zero-order valence-electron chi connectivity index (χ0n) is 15.0. The summed E-state index contributed by atoms with van der Waals surface area (Å²) in [4.78, 5) is 0. The molecule has 6 N–H and O–H groups in total. The molecule has 1 unspecified atom stereocenters. The average Bonchev–Trinajstić information content (AvgIpc) is 3.44. The van der Waals surface area contributed by atoms with E-state index in [0.29, 0.717) is 17.3 Å². The van der Waals surface area contributed by atoms with Gasteiger partial charge in [0.05, 0.1) is 24.0 Å². The SMILES string of the molecule is Nc1ccc(NC(CO)c2ccc(F)cc2)c(F)c1Nc1cc(C2CC2)[nH]n1. The van der Waals surface area contributed by atoms with Gasteiger partial charge in [0.2, 0.25) is 0 Å². The number of hydrogen-bond acceptors (Lipinski definition) is 5. The molecule has 1 heterocycles. The van der Waals surface area contributed by atoms with E-state index in [9.17, 15) is 9.50 Å². The summed E-state index contributed by atoms with van der Waals surface area (Å²) < 4.78 is 28.2. The minimum Gasteiger partial charge on any atom is -0.397 e. The number of nitrogen functional groups attached to an aromatic ring is 1. The van der Waals surface area contributed by atoms with Crippen molar-refractivity contribution in [3.05, 3.63) is 65.4 Å². The summed E-state index contributed by atoms with van der Waals surface area (Å²) in [6.45, 7) is -0.289. The minimum atomic E-state index is -0.599. The monoisotopic (exact) mass is 385 g/mol. The molecule has 1 aliphatic carbocycles. The van der Waals surface area contributed by atoms with Gasteiger partial charge in [0, 0.05) is 17.7 Å². The quantitative estimate of drug-likeness (QED) is 0.396. The van der Waals surface area contributed by atoms with E-state index >= 15 is 4.39 Å². The van der Waals surface area contributed by atoms with Gasteiger partial charge >= 0.3 is 0 Å². The van der Waals surface area contributed by atoms with Crippen LogP contribution >= 0.6 is 0 Å². The summed E-state index contributed by atoms with van der Waals surface area (Å²) in [5.74, 6) is 0.0212. The van der Waals surface area contributed by atoms with Crippen molar-refractivity contribution in [1.82, 2.24) is 10.2 Å². The first kappa shape index (κ1) is 18.2. The number of anilines is 4. The van der Waals surface area contributed by atoms with E-state index in [2.05, 4.69) is 20.8 Å². The maximum atomic E-state index is 15.1. The summed E-state index contributed by atoms with van der Waals surface area (Å²) in [6.07, 6.45) is 2.26. The van der Waals surface area contributed by atoms with E-state index in [1.54, 1.807) is 18.2 Å². The normalized spacial score (nSPS) is 14.7. The molecule has 0 radical (unpaired) electrons. The molecule has 6 nitrogen and oxygen atoms in total. The molecule has 0 amide bonds. The Morgan fingerprint density at radius 3 is 2.61 bits per heavy atom. The lowest BCUT2D eigenvalue weighted by atomic mass is 10.1. The molecule has 2 aromatic carbocycles. The van der Waals surface area contributed by atoms with E-state index in [1.165, 1.54) is 18.2 Å². The average molecular weight is 385 g/mol. The fourth-order valence-corrected chi connectivity index (χ4v) is 3.08. The molecule has 0 saturated heterocycles. The third-order valence-corrected chi connectivity index (χ3v) is 4.83. The van der Waals surface area contributed by atoms with Crippen molar-refractivity contribution in [1.29, 1.82) is 0 Å². The number of aromatic nitrogens is 2. The largest absolute Gasteiger partial charge is 0.397 e. The Kier molecular flexibility index (Phi) is 4.87. The number of H-pyrrole nitrogens is 1. The molecule has 1 fully saturated rings. The van der Waals surface area contributed by atoms with Gasteiger partial charge in [-0.3, -0.25) is 5.10 Å². The summed E-state index contributed by atoms with van der Waals surface area (Å²) in [5.41, 5.74) is 8.11. The number of rotatable bonds is 7. The molecule has 0 bridgehead atoms. The smallest absolute Gasteiger partial charge is 0.171 e. The second-order valence-corrected chi connectivity index (χ2v) is 6.93. The molecule has 28 heavy (non-hydrogen) atoms. The second-order valence-electron chi connectivity index (χ2n) is 6.93. The van der Waals surface area contributed by atoms with Crippen LogP contribution in [0.15, 0.2) is 42.5 Å². The number of nitrogens with one attached hydrogen (secondary N) is 3. The molecule has 1 atom stereocenters. The number of aromatic amines is 1. The number of nitrogens with two attached hydrogens (primary N) is 1. The van der Waals surface area contributed by atoms with E-state index in [-0.39, 0.29) is 29.5 Å². The van der Waals surface area contributed by atoms with Gasteiger partial charge in [-0.25, -0.2) is 8.78 Å². The molecule has 146 valence electrons. The minimum absolute atomic E-state index is 0.106. The van der Waals surface area contributed by atoms with Gasteiger partial charge in [0.25, 0.3) is 0 Å². The van der Waals surface area contributed by atoms with Crippen molar-refractivity contribution in [2.45, 2.75) is 24.8 Å². The van der Waals surface area contributed by atoms with Crippen LogP contribution in [0.25, 0.3) is 0 Å². The van der Waals surface area contributed by atoms with E-state index in [4.69, 9.17) is 5.73 Å². The van der Waals surface area contributed by atoms with Crippen LogP contribution in [0.1, 0.15) is 36.1 Å². The Hall–Kier alpha value is -3.13. The van der Waals surface area contributed by atoms with E-state index < -0.39 is 11.9 Å². The highest BCUT2D eigenvalue weighted by atomic mass is 19.1. The lowest BCUT2D eigenvalue weighted by Gasteiger charge is -2.20. The van der Waals surface area contributed by atoms with Crippen LogP contribution in [-0.2, 0) is 0 Å².